The van der Waals surface area contributed by atoms with E-state index in [0.29, 0.717) is 11.1 Å². The molecule has 0 bridgehead atoms. The highest BCUT2D eigenvalue weighted by Crippen LogP contribution is 2.38. The number of hydrogen-bond acceptors (Lipinski definition) is 2. The Morgan fingerprint density at radius 1 is 1.12 bits per heavy atom. The predicted octanol–water partition coefficient (Wildman–Crippen LogP) is 2.98. The fraction of sp³-hybridized carbons (Fsp3) is 1.00. The van der Waals surface area contributed by atoms with Gasteiger partial charge >= 0.3 is 0 Å². The molecule has 2 fully saturated rings. The summed E-state index contributed by atoms with van der Waals surface area (Å²) in [6, 6.07) is 0.786. The van der Waals surface area contributed by atoms with Crippen molar-refractivity contribution in [2.45, 2.75) is 71.5 Å². The molecule has 2 heterocycles. The lowest BCUT2D eigenvalue weighted by Gasteiger charge is -2.42. The highest BCUT2D eigenvalue weighted by Gasteiger charge is 2.45. The average molecular weight is 238 g/mol. The van der Waals surface area contributed by atoms with Crippen molar-refractivity contribution in [3.63, 3.8) is 0 Å². The summed E-state index contributed by atoms with van der Waals surface area (Å²) < 4.78 is 0. The maximum Gasteiger partial charge on any atom is 0.0241 e. The van der Waals surface area contributed by atoms with Gasteiger partial charge in [-0.3, -0.25) is 9.80 Å². The van der Waals surface area contributed by atoms with E-state index in [-0.39, 0.29) is 0 Å². The Morgan fingerprint density at radius 3 is 2.18 bits per heavy atom. The van der Waals surface area contributed by atoms with Crippen LogP contribution in [-0.2, 0) is 0 Å². The summed E-state index contributed by atoms with van der Waals surface area (Å²) in [7, 11) is 0. The zero-order valence-corrected chi connectivity index (χ0v) is 12.6. The van der Waals surface area contributed by atoms with E-state index in [0.717, 1.165) is 12.0 Å². The summed E-state index contributed by atoms with van der Waals surface area (Å²) in [6.07, 6.45) is 2.73. The van der Waals surface area contributed by atoms with E-state index < -0.39 is 0 Å². The minimum absolute atomic E-state index is 0.295. The van der Waals surface area contributed by atoms with Crippen molar-refractivity contribution in [2.24, 2.45) is 5.92 Å². The van der Waals surface area contributed by atoms with Gasteiger partial charge in [0.1, 0.15) is 0 Å². The van der Waals surface area contributed by atoms with Gasteiger partial charge in [-0.2, -0.15) is 0 Å². The van der Waals surface area contributed by atoms with Gasteiger partial charge in [0, 0.05) is 30.2 Å². The van der Waals surface area contributed by atoms with Crippen molar-refractivity contribution in [2.75, 3.05) is 19.6 Å². The van der Waals surface area contributed by atoms with Gasteiger partial charge in [0.2, 0.25) is 0 Å². The molecular formula is C15H30N2. The van der Waals surface area contributed by atoms with Crippen LogP contribution in [0.5, 0.6) is 0 Å². The SMILES string of the molecule is CC1CCN(C2CN(C(C)(C)C)C(C)(C)C2)C1. The van der Waals surface area contributed by atoms with Gasteiger partial charge in [0.05, 0.1) is 0 Å². The molecule has 2 rings (SSSR count). The molecule has 0 aromatic heterocycles. The first-order valence-corrected chi connectivity index (χ1v) is 7.22. The molecule has 2 aliphatic heterocycles. The summed E-state index contributed by atoms with van der Waals surface area (Å²) in [5, 5.41) is 0. The quantitative estimate of drug-likeness (QED) is 0.693. The van der Waals surface area contributed by atoms with E-state index in [2.05, 4.69) is 51.3 Å². The zero-order valence-electron chi connectivity index (χ0n) is 12.6. The van der Waals surface area contributed by atoms with E-state index in [4.69, 9.17) is 0 Å². The molecule has 2 unspecified atom stereocenters. The Labute approximate surface area is 107 Å². The van der Waals surface area contributed by atoms with Gasteiger partial charge in [0.25, 0.3) is 0 Å². The van der Waals surface area contributed by atoms with Crippen LogP contribution in [0.4, 0.5) is 0 Å². The normalized spacial score (nSPS) is 35.6. The van der Waals surface area contributed by atoms with Crippen LogP contribution in [-0.4, -0.2) is 46.6 Å². The lowest BCUT2D eigenvalue weighted by atomic mass is 9.95. The molecular weight excluding hydrogens is 208 g/mol. The van der Waals surface area contributed by atoms with E-state index in [1.54, 1.807) is 0 Å². The van der Waals surface area contributed by atoms with Crippen molar-refractivity contribution in [1.29, 1.82) is 0 Å². The lowest BCUT2D eigenvalue weighted by Crippen LogP contribution is -2.50. The van der Waals surface area contributed by atoms with Crippen molar-refractivity contribution in [1.82, 2.24) is 9.80 Å². The highest BCUT2D eigenvalue weighted by molar-refractivity contribution is 5.02. The molecule has 2 aliphatic rings. The van der Waals surface area contributed by atoms with Crippen LogP contribution in [0.1, 0.15) is 54.4 Å². The Morgan fingerprint density at radius 2 is 1.76 bits per heavy atom. The monoisotopic (exact) mass is 238 g/mol. The topological polar surface area (TPSA) is 6.48 Å². The first-order chi connectivity index (χ1) is 7.70. The molecule has 0 aliphatic carbocycles. The summed E-state index contributed by atoms with van der Waals surface area (Å²) in [5.74, 6) is 0.904. The van der Waals surface area contributed by atoms with Gasteiger partial charge in [-0.1, -0.05) is 6.92 Å². The van der Waals surface area contributed by atoms with Gasteiger partial charge in [-0.05, 0) is 59.9 Å². The molecule has 0 aromatic carbocycles. The maximum absolute atomic E-state index is 2.73. The summed E-state index contributed by atoms with van der Waals surface area (Å²) in [5.41, 5.74) is 0.651. The molecule has 0 spiro atoms. The molecule has 2 saturated heterocycles. The maximum atomic E-state index is 2.73. The molecule has 2 nitrogen and oxygen atoms in total. The van der Waals surface area contributed by atoms with Crippen LogP contribution in [0.15, 0.2) is 0 Å². The van der Waals surface area contributed by atoms with Crippen LogP contribution in [0.2, 0.25) is 0 Å². The van der Waals surface area contributed by atoms with Gasteiger partial charge < -0.3 is 0 Å². The van der Waals surface area contributed by atoms with Gasteiger partial charge in [-0.15, -0.1) is 0 Å². The standard InChI is InChI=1S/C15H30N2/c1-12-7-8-16(10-12)13-9-15(5,6)17(11-13)14(2,3)4/h12-13H,7-11H2,1-6H3. The van der Waals surface area contributed by atoms with E-state index in [1.165, 1.54) is 32.5 Å². The zero-order chi connectivity index (χ0) is 12.8. The van der Waals surface area contributed by atoms with Crippen molar-refractivity contribution in [3.05, 3.63) is 0 Å². The number of hydrogen-bond donors (Lipinski definition) is 0. The molecule has 2 atom stereocenters. The second-order valence-corrected chi connectivity index (χ2v) is 7.84. The Hall–Kier alpha value is -0.0800. The average Bonchev–Trinajstić information content (AvgIpc) is 2.67. The second kappa shape index (κ2) is 4.24. The number of rotatable bonds is 1. The molecule has 0 N–H and O–H groups in total. The lowest BCUT2D eigenvalue weighted by molar-refractivity contribution is 0.0658. The van der Waals surface area contributed by atoms with Crippen molar-refractivity contribution >= 4 is 0 Å². The predicted molar refractivity (Wildman–Crippen MR) is 74.3 cm³/mol. The first-order valence-electron chi connectivity index (χ1n) is 7.22. The largest absolute Gasteiger partial charge is 0.299 e. The van der Waals surface area contributed by atoms with Crippen LogP contribution >= 0.6 is 0 Å². The third-order valence-corrected chi connectivity index (χ3v) is 4.64. The van der Waals surface area contributed by atoms with E-state index >= 15 is 0 Å². The minimum Gasteiger partial charge on any atom is -0.299 e. The summed E-state index contributed by atoms with van der Waals surface area (Å²) in [6.45, 7) is 18.2. The van der Waals surface area contributed by atoms with Crippen LogP contribution in [0.25, 0.3) is 0 Å². The van der Waals surface area contributed by atoms with E-state index in [9.17, 15) is 0 Å². The second-order valence-electron chi connectivity index (χ2n) is 7.84. The molecule has 0 aromatic rings. The van der Waals surface area contributed by atoms with Gasteiger partial charge in [0.15, 0.2) is 0 Å². The van der Waals surface area contributed by atoms with Crippen molar-refractivity contribution < 1.29 is 0 Å². The third-order valence-electron chi connectivity index (χ3n) is 4.64. The summed E-state index contributed by atoms with van der Waals surface area (Å²) in [4.78, 5) is 5.44. The molecule has 17 heavy (non-hydrogen) atoms. The minimum atomic E-state index is 0.295. The molecule has 0 radical (unpaired) electrons. The van der Waals surface area contributed by atoms with Gasteiger partial charge in [-0.25, -0.2) is 0 Å². The number of likely N-dealkylation sites (tertiary alicyclic amines) is 2. The highest BCUT2D eigenvalue weighted by atomic mass is 15.3. The molecule has 2 heteroatoms. The van der Waals surface area contributed by atoms with Crippen LogP contribution in [0.3, 0.4) is 0 Å². The summed E-state index contributed by atoms with van der Waals surface area (Å²) >= 11 is 0. The van der Waals surface area contributed by atoms with Crippen LogP contribution in [0, 0.1) is 5.92 Å². The molecule has 0 saturated carbocycles. The molecule has 100 valence electrons. The Balaban J connectivity index is 2.06. The Bertz CT molecular complexity index is 277. The van der Waals surface area contributed by atoms with Crippen molar-refractivity contribution in [3.8, 4) is 0 Å². The molecule has 0 amide bonds. The fourth-order valence-electron chi connectivity index (χ4n) is 3.94. The first kappa shape index (κ1) is 13.4. The Kier molecular flexibility index (Phi) is 3.33. The number of nitrogens with zero attached hydrogens (tertiary/aromatic N) is 2. The smallest absolute Gasteiger partial charge is 0.0241 e. The third kappa shape index (κ3) is 2.68. The van der Waals surface area contributed by atoms with Crippen LogP contribution < -0.4 is 0 Å². The fourth-order valence-corrected chi connectivity index (χ4v) is 3.94. The van der Waals surface area contributed by atoms with E-state index in [1.807, 2.05) is 0 Å².